The SMILES string of the molecule is CC1=C(C)CC(CC(=O)c2ccccc2)=C1. The van der Waals surface area contributed by atoms with Crippen LogP contribution in [0.15, 0.2) is 53.1 Å². The maximum Gasteiger partial charge on any atom is 0.166 e. The Bertz CT molecular complexity index is 463. The molecule has 0 spiro atoms. The van der Waals surface area contributed by atoms with E-state index in [4.69, 9.17) is 0 Å². The summed E-state index contributed by atoms with van der Waals surface area (Å²) in [5.41, 5.74) is 4.75. The number of hydrogen-bond acceptors (Lipinski definition) is 1. The third-order valence-electron chi connectivity index (χ3n) is 3.07. The van der Waals surface area contributed by atoms with E-state index >= 15 is 0 Å². The molecule has 0 aliphatic heterocycles. The fourth-order valence-corrected chi connectivity index (χ4v) is 2.01. The second-order valence-corrected chi connectivity index (χ2v) is 4.41. The smallest absolute Gasteiger partial charge is 0.166 e. The number of carbonyl (C=O) groups is 1. The van der Waals surface area contributed by atoms with Crippen molar-refractivity contribution < 1.29 is 4.79 Å². The van der Waals surface area contributed by atoms with Gasteiger partial charge in [0.05, 0.1) is 0 Å². The van der Waals surface area contributed by atoms with Gasteiger partial charge in [-0.3, -0.25) is 4.79 Å². The molecule has 2 rings (SSSR count). The Balaban J connectivity index is 2.03. The first kappa shape index (κ1) is 10.9. The van der Waals surface area contributed by atoms with Gasteiger partial charge in [0.25, 0.3) is 0 Å². The van der Waals surface area contributed by atoms with Crippen LogP contribution in [0.5, 0.6) is 0 Å². The Labute approximate surface area is 96.5 Å². The Morgan fingerprint density at radius 1 is 1.19 bits per heavy atom. The zero-order valence-corrected chi connectivity index (χ0v) is 9.79. The van der Waals surface area contributed by atoms with Crippen LogP contribution >= 0.6 is 0 Å². The van der Waals surface area contributed by atoms with Gasteiger partial charge in [0.1, 0.15) is 0 Å². The Kier molecular flexibility index (Phi) is 3.04. The van der Waals surface area contributed by atoms with E-state index in [0.29, 0.717) is 6.42 Å². The molecule has 1 aromatic carbocycles. The van der Waals surface area contributed by atoms with Crippen molar-refractivity contribution in [3.05, 3.63) is 58.7 Å². The lowest BCUT2D eigenvalue weighted by molar-refractivity contribution is 0.0992. The maximum atomic E-state index is 12.0. The van der Waals surface area contributed by atoms with Gasteiger partial charge in [0.15, 0.2) is 5.78 Å². The molecule has 1 heteroatoms. The monoisotopic (exact) mass is 212 g/mol. The van der Waals surface area contributed by atoms with Crippen molar-refractivity contribution in [2.45, 2.75) is 26.7 Å². The Hall–Kier alpha value is -1.63. The van der Waals surface area contributed by atoms with Crippen LogP contribution in [0.3, 0.4) is 0 Å². The zero-order chi connectivity index (χ0) is 11.5. The number of carbonyl (C=O) groups excluding carboxylic acids is 1. The minimum Gasteiger partial charge on any atom is -0.294 e. The van der Waals surface area contributed by atoms with Gasteiger partial charge in [-0.15, -0.1) is 0 Å². The molecule has 1 nitrogen and oxygen atoms in total. The van der Waals surface area contributed by atoms with Gasteiger partial charge in [0, 0.05) is 12.0 Å². The summed E-state index contributed by atoms with van der Waals surface area (Å²) in [6, 6.07) is 9.51. The van der Waals surface area contributed by atoms with Crippen molar-refractivity contribution in [2.24, 2.45) is 0 Å². The Morgan fingerprint density at radius 2 is 1.88 bits per heavy atom. The minimum atomic E-state index is 0.217. The first-order valence-electron chi connectivity index (χ1n) is 5.61. The molecular formula is C15H16O. The molecule has 0 saturated carbocycles. The van der Waals surface area contributed by atoms with Crippen LogP contribution in [0, 0.1) is 0 Å². The molecule has 0 unspecified atom stereocenters. The molecule has 0 N–H and O–H groups in total. The summed E-state index contributed by atoms with van der Waals surface area (Å²) in [6.45, 7) is 4.24. The number of allylic oxidation sites excluding steroid dienone is 4. The summed E-state index contributed by atoms with van der Waals surface area (Å²) in [5.74, 6) is 0.217. The van der Waals surface area contributed by atoms with Crippen LogP contribution in [-0.4, -0.2) is 5.78 Å². The average Bonchev–Trinajstić information content (AvgIpc) is 2.59. The van der Waals surface area contributed by atoms with Gasteiger partial charge in [-0.05, 0) is 20.3 Å². The van der Waals surface area contributed by atoms with Gasteiger partial charge >= 0.3 is 0 Å². The van der Waals surface area contributed by atoms with E-state index in [1.165, 1.54) is 16.7 Å². The highest BCUT2D eigenvalue weighted by Crippen LogP contribution is 2.27. The van der Waals surface area contributed by atoms with E-state index in [-0.39, 0.29) is 5.78 Å². The largest absolute Gasteiger partial charge is 0.294 e. The third kappa shape index (κ3) is 2.30. The summed E-state index contributed by atoms with van der Waals surface area (Å²) < 4.78 is 0. The maximum absolute atomic E-state index is 12.0. The molecule has 1 aromatic rings. The summed E-state index contributed by atoms with van der Waals surface area (Å²) >= 11 is 0. The van der Waals surface area contributed by atoms with Crippen LogP contribution in [0.4, 0.5) is 0 Å². The highest BCUT2D eigenvalue weighted by molar-refractivity contribution is 5.97. The lowest BCUT2D eigenvalue weighted by Crippen LogP contribution is -1.99. The molecule has 0 fully saturated rings. The summed E-state index contributed by atoms with van der Waals surface area (Å²) in [6.07, 6.45) is 3.67. The highest BCUT2D eigenvalue weighted by Gasteiger charge is 2.13. The molecule has 82 valence electrons. The van der Waals surface area contributed by atoms with Crippen LogP contribution < -0.4 is 0 Å². The summed E-state index contributed by atoms with van der Waals surface area (Å²) in [4.78, 5) is 12.0. The molecule has 16 heavy (non-hydrogen) atoms. The normalized spacial score (nSPS) is 15.2. The molecule has 0 aromatic heterocycles. The Morgan fingerprint density at radius 3 is 2.44 bits per heavy atom. The van der Waals surface area contributed by atoms with Crippen LogP contribution in [0.25, 0.3) is 0 Å². The lowest BCUT2D eigenvalue weighted by atomic mass is 10.0. The summed E-state index contributed by atoms with van der Waals surface area (Å²) in [7, 11) is 0. The van der Waals surface area contributed by atoms with E-state index in [1.807, 2.05) is 30.3 Å². The summed E-state index contributed by atoms with van der Waals surface area (Å²) in [5, 5.41) is 0. The number of ketones is 1. The van der Waals surface area contributed by atoms with Gasteiger partial charge in [0.2, 0.25) is 0 Å². The molecule has 0 atom stereocenters. The number of benzene rings is 1. The van der Waals surface area contributed by atoms with Crippen LogP contribution in [0.1, 0.15) is 37.0 Å². The standard InChI is InChI=1S/C15H16O/c1-11-8-13(9-12(11)2)10-15(16)14-6-4-3-5-7-14/h3-8H,9-10H2,1-2H3. The highest BCUT2D eigenvalue weighted by atomic mass is 16.1. The van der Waals surface area contributed by atoms with Gasteiger partial charge in [-0.2, -0.15) is 0 Å². The fraction of sp³-hybridized carbons (Fsp3) is 0.267. The third-order valence-corrected chi connectivity index (χ3v) is 3.07. The predicted molar refractivity (Wildman–Crippen MR) is 66.5 cm³/mol. The second-order valence-electron chi connectivity index (χ2n) is 4.41. The first-order chi connectivity index (χ1) is 7.66. The van der Waals surface area contributed by atoms with Gasteiger partial charge < -0.3 is 0 Å². The van der Waals surface area contributed by atoms with E-state index in [9.17, 15) is 4.79 Å². The number of rotatable bonds is 3. The van der Waals surface area contributed by atoms with E-state index in [1.54, 1.807) is 0 Å². The lowest BCUT2D eigenvalue weighted by Gasteiger charge is -2.02. The van der Waals surface area contributed by atoms with E-state index in [2.05, 4.69) is 19.9 Å². The van der Waals surface area contributed by atoms with Gasteiger partial charge in [-0.1, -0.05) is 53.1 Å². The molecule has 0 bridgehead atoms. The molecule has 0 heterocycles. The van der Waals surface area contributed by atoms with Crippen LogP contribution in [0.2, 0.25) is 0 Å². The van der Waals surface area contributed by atoms with E-state index < -0.39 is 0 Å². The van der Waals surface area contributed by atoms with Crippen molar-refractivity contribution in [2.75, 3.05) is 0 Å². The van der Waals surface area contributed by atoms with Crippen molar-refractivity contribution in [3.8, 4) is 0 Å². The minimum absolute atomic E-state index is 0.217. The molecule has 0 radical (unpaired) electrons. The average molecular weight is 212 g/mol. The second kappa shape index (κ2) is 4.48. The fourth-order valence-electron chi connectivity index (χ4n) is 2.01. The van der Waals surface area contributed by atoms with Crippen molar-refractivity contribution in [1.82, 2.24) is 0 Å². The molecule has 1 aliphatic carbocycles. The molecule has 1 aliphatic rings. The predicted octanol–water partition coefficient (Wildman–Crippen LogP) is 3.93. The van der Waals surface area contributed by atoms with Crippen molar-refractivity contribution >= 4 is 5.78 Å². The number of Topliss-reactive ketones (excluding diaryl/α,β-unsaturated/α-hetero) is 1. The van der Waals surface area contributed by atoms with E-state index in [0.717, 1.165) is 12.0 Å². The molecule has 0 amide bonds. The number of hydrogen-bond donors (Lipinski definition) is 0. The van der Waals surface area contributed by atoms with Crippen molar-refractivity contribution in [3.63, 3.8) is 0 Å². The first-order valence-corrected chi connectivity index (χ1v) is 5.61. The zero-order valence-electron chi connectivity index (χ0n) is 9.79. The van der Waals surface area contributed by atoms with Gasteiger partial charge in [-0.25, -0.2) is 0 Å². The quantitative estimate of drug-likeness (QED) is 0.694. The molecule has 0 saturated heterocycles. The molecular weight excluding hydrogens is 196 g/mol. The van der Waals surface area contributed by atoms with Crippen LogP contribution in [-0.2, 0) is 0 Å². The topological polar surface area (TPSA) is 17.1 Å². The van der Waals surface area contributed by atoms with Crippen molar-refractivity contribution in [1.29, 1.82) is 0 Å².